The minimum absolute atomic E-state index is 0.103. The van der Waals surface area contributed by atoms with E-state index >= 15 is 0 Å². The second kappa shape index (κ2) is 13.2. The standard InChI is InChI=1S/C36H35F2N4O7PS/c37-36(38,50(47,48)49)25-7-11-30-24(14-25)17-31(51-30)34(45)41-28-16-22-13-21(22)15-26-8-10-29(42(26)35(28)46)33(44)40-27-9-6-20(12-23(27)18-32(39)43)19-4-2-1-3-5-19/h1-7,9,11-12,14,17,21-22,26,28-29H,8,10,13,15-16,18H2,(H2,39,43)(H,40,44)(H,41,45)(H2,47,48,49)/t21-,22+,26-,28+,29+/m1/s1. The Morgan fingerprint density at radius 1 is 0.941 bits per heavy atom. The number of hydrogen-bond acceptors (Lipinski definition) is 6. The van der Waals surface area contributed by atoms with Crippen LogP contribution in [0.5, 0.6) is 0 Å². The van der Waals surface area contributed by atoms with Crippen LogP contribution < -0.4 is 16.4 Å². The molecule has 2 aliphatic heterocycles. The maximum atomic E-state index is 14.4. The lowest BCUT2D eigenvalue weighted by Gasteiger charge is -2.35. The fraction of sp³-hybridized carbons (Fsp3) is 0.333. The zero-order valence-electron chi connectivity index (χ0n) is 27.1. The summed E-state index contributed by atoms with van der Waals surface area (Å²) in [7, 11) is -5.78. The van der Waals surface area contributed by atoms with E-state index in [-0.39, 0.29) is 34.6 Å². The number of carbonyl (C=O) groups excluding carboxylic acids is 4. The van der Waals surface area contributed by atoms with Crippen LogP contribution in [0.25, 0.3) is 21.2 Å². The molecule has 0 unspecified atom stereocenters. The van der Waals surface area contributed by atoms with Crippen molar-refractivity contribution >= 4 is 58.3 Å². The number of primary amides is 1. The molecule has 1 saturated carbocycles. The first-order valence-corrected chi connectivity index (χ1v) is 19.0. The van der Waals surface area contributed by atoms with Gasteiger partial charge in [-0.05, 0) is 96.3 Å². The van der Waals surface area contributed by atoms with E-state index in [0.717, 1.165) is 47.4 Å². The number of alkyl halides is 2. The normalized spacial score (nSPS) is 23.2. The van der Waals surface area contributed by atoms with Crippen LogP contribution in [0.15, 0.2) is 72.8 Å². The van der Waals surface area contributed by atoms with Crippen molar-refractivity contribution in [1.82, 2.24) is 10.2 Å². The van der Waals surface area contributed by atoms with Crippen molar-refractivity contribution in [3.63, 3.8) is 0 Å². The van der Waals surface area contributed by atoms with Gasteiger partial charge in [-0.15, -0.1) is 11.3 Å². The Morgan fingerprint density at radius 3 is 2.41 bits per heavy atom. The average Bonchev–Trinajstić information content (AvgIpc) is 3.44. The summed E-state index contributed by atoms with van der Waals surface area (Å²) in [6.07, 6.45) is 2.99. The number of rotatable bonds is 9. The second-order valence-corrected chi connectivity index (χ2v) is 16.3. The summed E-state index contributed by atoms with van der Waals surface area (Å²) < 4.78 is 40.6. The molecule has 1 aromatic heterocycles. The van der Waals surface area contributed by atoms with Gasteiger partial charge in [-0.3, -0.25) is 23.7 Å². The summed E-state index contributed by atoms with van der Waals surface area (Å²) in [4.78, 5) is 73.7. The predicted octanol–water partition coefficient (Wildman–Crippen LogP) is 5.35. The summed E-state index contributed by atoms with van der Waals surface area (Å²) >= 11 is 1.00. The van der Waals surface area contributed by atoms with Gasteiger partial charge in [-0.25, -0.2) is 0 Å². The zero-order valence-corrected chi connectivity index (χ0v) is 28.8. The molecule has 6 N–H and O–H groups in total. The molecule has 0 radical (unpaired) electrons. The fourth-order valence-corrected chi connectivity index (χ4v) is 8.88. The highest BCUT2D eigenvalue weighted by atomic mass is 32.1. The lowest BCUT2D eigenvalue weighted by molar-refractivity contribution is -0.141. The zero-order chi connectivity index (χ0) is 36.2. The quantitative estimate of drug-likeness (QED) is 0.144. The van der Waals surface area contributed by atoms with E-state index in [4.69, 9.17) is 15.5 Å². The number of thiophene rings is 1. The smallest absolute Gasteiger partial charge is 0.369 e. The van der Waals surface area contributed by atoms with E-state index < -0.39 is 48.6 Å². The Kier molecular flexibility index (Phi) is 9.07. The van der Waals surface area contributed by atoms with Gasteiger partial charge in [0.15, 0.2) is 0 Å². The third-order valence-corrected chi connectivity index (χ3v) is 12.2. The van der Waals surface area contributed by atoms with Gasteiger partial charge in [-0.1, -0.05) is 42.5 Å². The van der Waals surface area contributed by atoms with Crippen molar-refractivity contribution in [2.45, 2.75) is 62.3 Å². The number of nitrogens with two attached hydrogens (primary N) is 1. The van der Waals surface area contributed by atoms with Crippen molar-refractivity contribution < 1.29 is 42.3 Å². The van der Waals surface area contributed by atoms with Gasteiger partial charge in [0.05, 0.1) is 11.3 Å². The summed E-state index contributed by atoms with van der Waals surface area (Å²) in [6, 6.07) is 17.5. The number of anilines is 1. The van der Waals surface area contributed by atoms with Gasteiger partial charge < -0.3 is 31.1 Å². The summed E-state index contributed by atoms with van der Waals surface area (Å²) in [6.45, 7) is 0. The number of carbonyl (C=O) groups is 4. The van der Waals surface area contributed by atoms with Gasteiger partial charge in [0.2, 0.25) is 17.7 Å². The molecule has 15 heteroatoms. The van der Waals surface area contributed by atoms with Crippen LogP contribution in [0.4, 0.5) is 14.5 Å². The number of benzene rings is 3. The molecule has 4 amide bonds. The van der Waals surface area contributed by atoms with Crippen LogP contribution in [-0.2, 0) is 31.0 Å². The Morgan fingerprint density at radius 2 is 1.69 bits per heavy atom. The number of halogens is 2. The highest BCUT2D eigenvalue weighted by Gasteiger charge is 2.52. The molecule has 3 aliphatic rings. The SMILES string of the molecule is NC(=O)Cc1cc(-c2ccccc2)ccc1NC(=O)[C@@H]1CC[C@@H]2C[C@H]3C[C@H]3C[C@H](NC(=O)c3cc4cc(C(F)(F)P(=O)(O)O)ccc4s3)C(=O)N21. The maximum Gasteiger partial charge on any atom is 0.399 e. The monoisotopic (exact) mass is 736 g/mol. The van der Waals surface area contributed by atoms with E-state index in [1.54, 1.807) is 11.0 Å². The molecule has 0 spiro atoms. The Hall–Kier alpha value is -4.49. The summed E-state index contributed by atoms with van der Waals surface area (Å²) in [5, 5.41) is 5.98. The third-order valence-electron chi connectivity index (χ3n) is 10.1. The van der Waals surface area contributed by atoms with Crippen molar-refractivity contribution in [1.29, 1.82) is 0 Å². The predicted molar refractivity (Wildman–Crippen MR) is 187 cm³/mol. The minimum Gasteiger partial charge on any atom is -0.369 e. The first-order chi connectivity index (χ1) is 24.2. The molecule has 1 aliphatic carbocycles. The van der Waals surface area contributed by atoms with Crippen LogP contribution in [0, 0.1) is 11.8 Å². The highest BCUT2D eigenvalue weighted by Crippen LogP contribution is 2.59. The third kappa shape index (κ3) is 6.93. The molecule has 2 saturated heterocycles. The summed E-state index contributed by atoms with van der Waals surface area (Å²) in [5.41, 5.74) is 3.01. The topological polar surface area (TPSA) is 179 Å². The molecule has 5 atom stereocenters. The molecule has 0 bridgehead atoms. The van der Waals surface area contributed by atoms with Crippen molar-refractivity contribution in [2.75, 3.05) is 5.32 Å². The van der Waals surface area contributed by atoms with Crippen LogP contribution in [-0.4, -0.2) is 56.4 Å². The largest absolute Gasteiger partial charge is 0.399 e. The minimum atomic E-state index is -5.78. The molecule has 3 heterocycles. The van der Waals surface area contributed by atoms with Gasteiger partial charge in [0, 0.05) is 22.0 Å². The van der Waals surface area contributed by atoms with E-state index in [1.807, 2.05) is 42.5 Å². The van der Waals surface area contributed by atoms with Gasteiger partial charge in [0.1, 0.15) is 12.1 Å². The molecular formula is C36H35F2N4O7PS. The molecule has 11 nitrogen and oxygen atoms in total. The van der Waals surface area contributed by atoms with Crippen LogP contribution >= 0.6 is 18.9 Å². The molecular weight excluding hydrogens is 701 g/mol. The van der Waals surface area contributed by atoms with Crippen LogP contribution in [0.2, 0.25) is 0 Å². The van der Waals surface area contributed by atoms with E-state index in [2.05, 4.69) is 10.6 Å². The highest BCUT2D eigenvalue weighted by molar-refractivity contribution is 7.52. The van der Waals surface area contributed by atoms with Crippen molar-refractivity contribution in [3.05, 3.63) is 88.8 Å². The van der Waals surface area contributed by atoms with Crippen molar-refractivity contribution in [2.24, 2.45) is 17.6 Å². The van der Waals surface area contributed by atoms with Gasteiger partial charge in [-0.2, -0.15) is 8.78 Å². The van der Waals surface area contributed by atoms with E-state index in [0.29, 0.717) is 41.1 Å². The molecule has 3 aromatic carbocycles. The van der Waals surface area contributed by atoms with Crippen molar-refractivity contribution in [3.8, 4) is 11.1 Å². The average molecular weight is 737 g/mol. The van der Waals surface area contributed by atoms with E-state index in [9.17, 15) is 32.5 Å². The van der Waals surface area contributed by atoms with Crippen LogP contribution in [0.3, 0.4) is 0 Å². The number of hydrogen-bond donors (Lipinski definition) is 5. The molecule has 7 rings (SSSR count). The Balaban J connectivity index is 1.11. The molecule has 51 heavy (non-hydrogen) atoms. The summed E-state index contributed by atoms with van der Waals surface area (Å²) in [5.74, 6) is -1.34. The first kappa shape index (κ1) is 34.9. The first-order valence-electron chi connectivity index (χ1n) is 16.6. The number of nitrogens with zero attached hydrogens (tertiary/aromatic N) is 1. The Bertz CT molecular complexity index is 2110. The molecule has 266 valence electrons. The fourth-order valence-electron chi connectivity index (χ4n) is 7.46. The maximum absolute atomic E-state index is 14.4. The lowest BCUT2D eigenvalue weighted by atomic mass is 9.98. The molecule has 3 fully saturated rings. The van der Waals surface area contributed by atoms with E-state index in [1.165, 1.54) is 12.1 Å². The number of nitrogens with one attached hydrogen (secondary N) is 2. The number of amides is 4. The Labute approximate surface area is 295 Å². The van der Waals surface area contributed by atoms with Gasteiger partial charge >= 0.3 is 13.3 Å². The molecule has 4 aromatic rings. The second-order valence-electron chi connectivity index (χ2n) is 13.6. The lowest BCUT2D eigenvalue weighted by Crippen LogP contribution is -2.55. The van der Waals surface area contributed by atoms with Gasteiger partial charge in [0.25, 0.3) is 5.91 Å². The van der Waals surface area contributed by atoms with Crippen LogP contribution in [0.1, 0.15) is 52.9 Å². The number of fused-ring (bicyclic) bond motifs is 3.